The summed E-state index contributed by atoms with van der Waals surface area (Å²) in [6.45, 7) is 0. The van der Waals surface area contributed by atoms with Crippen molar-refractivity contribution in [2.75, 3.05) is 7.05 Å². The highest BCUT2D eigenvalue weighted by Crippen LogP contribution is 2.33. The topological polar surface area (TPSA) is 29.1 Å². The van der Waals surface area contributed by atoms with Gasteiger partial charge in [-0.3, -0.25) is 4.79 Å². The molecule has 0 aromatic heterocycles. The molecule has 84 valence electrons. The van der Waals surface area contributed by atoms with Crippen LogP contribution in [0.15, 0.2) is 36.4 Å². The highest BCUT2D eigenvalue weighted by molar-refractivity contribution is 6.31. The Morgan fingerprint density at radius 1 is 1.38 bits per heavy atom. The van der Waals surface area contributed by atoms with Crippen molar-refractivity contribution in [1.29, 1.82) is 0 Å². The molecule has 0 fully saturated rings. The van der Waals surface area contributed by atoms with Gasteiger partial charge in [-0.15, -0.1) is 0 Å². The van der Waals surface area contributed by atoms with E-state index in [0.29, 0.717) is 11.4 Å². The van der Waals surface area contributed by atoms with Crippen LogP contribution < -0.4 is 5.32 Å². The molecule has 0 saturated heterocycles. The molecule has 0 bridgehead atoms. The summed E-state index contributed by atoms with van der Waals surface area (Å²) < 4.78 is 0. The SMILES string of the molecule is CN[C@]1(c2ccccc2Cl)C=CCCC1=O. The molecule has 1 aliphatic carbocycles. The second-order valence-corrected chi connectivity index (χ2v) is 4.31. The molecule has 1 atom stereocenters. The molecule has 1 aromatic carbocycles. The van der Waals surface area contributed by atoms with Crippen LogP contribution in [0.5, 0.6) is 0 Å². The first-order chi connectivity index (χ1) is 7.70. The van der Waals surface area contributed by atoms with Gasteiger partial charge in [0.15, 0.2) is 5.78 Å². The Labute approximate surface area is 100 Å². The standard InChI is InChI=1S/C13H14ClNO/c1-15-13(9-5-4-8-12(13)16)10-6-2-3-7-11(10)14/h2-3,5-7,9,15H,4,8H2,1H3/t13-/m0/s1. The van der Waals surface area contributed by atoms with Crippen molar-refractivity contribution in [2.24, 2.45) is 0 Å². The summed E-state index contributed by atoms with van der Waals surface area (Å²) in [6, 6.07) is 7.47. The lowest BCUT2D eigenvalue weighted by molar-refractivity contribution is -0.124. The van der Waals surface area contributed by atoms with E-state index in [1.807, 2.05) is 36.4 Å². The fraction of sp³-hybridized carbons (Fsp3) is 0.308. The number of nitrogens with one attached hydrogen (secondary N) is 1. The van der Waals surface area contributed by atoms with E-state index in [0.717, 1.165) is 12.0 Å². The van der Waals surface area contributed by atoms with Gasteiger partial charge in [0.2, 0.25) is 0 Å². The van der Waals surface area contributed by atoms with E-state index in [1.54, 1.807) is 7.05 Å². The first kappa shape index (κ1) is 11.4. The minimum atomic E-state index is -0.739. The van der Waals surface area contributed by atoms with Crippen molar-refractivity contribution < 1.29 is 4.79 Å². The normalized spacial score (nSPS) is 24.8. The molecule has 1 aromatic rings. The van der Waals surface area contributed by atoms with E-state index >= 15 is 0 Å². The summed E-state index contributed by atoms with van der Waals surface area (Å²) in [7, 11) is 1.79. The largest absolute Gasteiger partial charge is 0.301 e. The Morgan fingerprint density at radius 3 is 2.75 bits per heavy atom. The lowest BCUT2D eigenvalue weighted by atomic mass is 9.80. The summed E-state index contributed by atoms with van der Waals surface area (Å²) in [5.74, 6) is 0.172. The van der Waals surface area contributed by atoms with Gasteiger partial charge in [0.1, 0.15) is 5.54 Å². The van der Waals surface area contributed by atoms with Crippen LogP contribution in [-0.4, -0.2) is 12.8 Å². The first-order valence-electron chi connectivity index (χ1n) is 5.35. The third-order valence-corrected chi connectivity index (χ3v) is 3.37. The van der Waals surface area contributed by atoms with Gasteiger partial charge < -0.3 is 5.32 Å². The molecule has 0 spiro atoms. The van der Waals surface area contributed by atoms with Crippen molar-refractivity contribution >= 4 is 17.4 Å². The molecule has 0 aliphatic heterocycles. The maximum Gasteiger partial charge on any atom is 0.161 e. The molecule has 0 heterocycles. The third-order valence-electron chi connectivity index (χ3n) is 3.04. The van der Waals surface area contributed by atoms with Crippen molar-refractivity contribution in [3.8, 4) is 0 Å². The van der Waals surface area contributed by atoms with Crippen molar-refractivity contribution in [3.05, 3.63) is 47.0 Å². The molecule has 2 nitrogen and oxygen atoms in total. The van der Waals surface area contributed by atoms with E-state index in [-0.39, 0.29) is 5.78 Å². The van der Waals surface area contributed by atoms with E-state index in [4.69, 9.17) is 11.6 Å². The van der Waals surface area contributed by atoms with Gasteiger partial charge >= 0.3 is 0 Å². The molecule has 1 aliphatic rings. The van der Waals surface area contributed by atoms with E-state index in [2.05, 4.69) is 5.32 Å². The van der Waals surface area contributed by atoms with Gasteiger partial charge in [0.05, 0.1) is 0 Å². The van der Waals surface area contributed by atoms with Crippen LogP contribution in [0.4, 0.5) is 0 Å². The van der Waals surface area contributed by atoms with Gasteiger partial charge in [0, 0.05) is 17.0 Å². The highest BCUT2D eigenvalue weighted by Gasteiger charge is 2.38. The summed E-state index contributed by atoms with van der Waals surface area (Å²) in [4.78, 5) is 12.1. The minimum absolute atomic E-state index is 0.172. The molecule has 3 heteroatoms. The first-order valence-corrected chi connectivity index (χ1v) is 5.73. The molecule has 1 N–H and O–H groups in total. The van der Waals surface area contributed by atoms with Gasteiger partial charge in [-0.05, 0) is 19.5 Å². The number of hydrogen-bond donors (Lipinski definition) is 1. The van der Waals surface area contributed by atoms with Crippen LogP contribution in [0.1, 0.15) is 18.4 Å². The molecule has 0 saturated carbocycles. The lowest BCUT2D eigenvalue weighted by Crippen LogP contribution is -2.47. The van der Waals surface area contributed by atoms with Crippen molar-refractivity contribution in [1.82, 2.24) is 5.32 Å². The van der Waals surface area contributed by atoms with Crippen LogP contribution in [-0.2, 0) is 10.3 Å². The Kier molecular flexibility index (Phi) is 3.13. The second kappa shape index (κ2) is 4.40. The van der Waals surface area contributed by atoms with Crippen LogP contribution in [0.25, 0.3) is 0 Å². The number of rotatable bonds is 2. The Hall–Kier alpha value is -1.12. The molecule has 0 radical (unpaired) electrons. The van der Waals surface area contributed by atoms with Crippen molar-refractivity contribution in [3.63, 3.8) is 0 Å². The third kappa shape index (κ3) is 1.68. The highest BCUT2D eigenvalue weighted by atomic mass is 35.5. The maximum absolute atomic E-state index is 12.1. The van der Waals surface area contributed by atoms with Crippen LogP contribution >= 0.6 is 11.6 Å². The number of carbonyl (C=O) groups excluding carboxylic acids is 1. The number of carbonyl (C=O) groups is 1. The zero-order valence-electron chi connectivity index (χ0n) is 9.16. The number of Topliss-reactive ketones (excluding diaryl/α,β-unsaturated/α-hetero) is 1. The van der Waals surface area contributed by atoms with Gasteiger partial charge in [-0.1, -0.05) is 42.0 Å². The number of allylic oxidation sites excluding steroid dienone is 1. The monoisotopic (exact) mass is 235 g/mol. The number of halogens is 1. The molecule has 0 unspecified atom stereocenters. The van der Waals surface area contributed by atoms with Gasteiger partial charge in [-0.2, -0.15) is 0 Å². The maximum atomic E-state index is 12.1. The second-order valence-electron chi connectivity index (χ2n) is 3.90. The Bertz CT molecular complexity index is 441. The molecule has 2 rings (SSSR count). The van der Waals surface area contributed by atoms with E-state index in [1.165, 1.54) is 0 Å². The Morgan fingerprint density at radius 2 is 2.12 bits per heavy atom. The summed E-state index contributed by atoms with van der Waals surface area (Å²) in [5, 5.41) is 3.73. The van der Waals surface area contributed by atoms with E-state index < -0.39 is 5.54 Å². The molecule has 16 heavy (non-hydrogen) atoms. The van der Waals surface area contributed by atoms with Gasteiger partial charge in [0.25, 0.3) is 0 Å². The van der Waals surface area contributed by atoms with Gasteiger partial charge in [-0.25, -0.2) is 0 Å². The predicted octanol–water partition coefficient (Wildman–Crippen LogP) is 2.67. The van der Waals surface area contributed by atoms with Crippen LogP contribution in [0.2, 0.25) is 5.02 Å². The number of benzene rings is 1. The fourth-order valence-electron chi connectivity index (χ4n) is 2.14. The Balaban J connectivity index is 2.57. The van der Waals surface area contributed by atoms with E-state index in [9.17, 15) is 4.79 Å². The summed E-state index contributed by atoms with van der Waals surface area (Å²) >= 11 is 6.17. The smallest absolute Gasteiger partial charge is 0.161 e. The molecule has 0 amide bonds. The fourth-order valence-corrected chi connectivity index (χ4v) is 2.43. The number of ketones is 1. The number of hydrogen-bond acceptors (Lipinski definition) is 2. The predicted molar refractivity (Wildman–Crippen MR) is 65.6 cm³/mol. The lowest BCUT2D eigenvalue weighted by Gasteiger charge is -2.32. The zero-order chi connectivity index (χ0) is 11.6. The quantitative estimate of drug-likeness (QED) is 0.799. The van der Waals surface area contributed by atoms with Crippen molar-refractivity contribution in [2.45, 2.75) is 18.4 Å². The summed E-state index contributed by atoms with van der Waals surface area (Å²) in [5.41, 5.74) is 0.0940. The average molecular weight is 236 g/mol. The zero-order valence-corrected chi connectivity index (χ0v) is 9.92. The average Bonchev–Trinajstić information content (AvgIpc) is 2.31. The van der Waals surface area contributed by atoms with Crippen LogP contribution in [0.3, 0.4) is 0 Å². The molecular weight excluding hydrogens is 222 g/mol. The number of likely N-dealkylation sites (N-methyl/N-ethyl adjacent to an activating group) is 1. The minimum Gasteiger partial charge on any atom is -0.301 e. The van der Waals surface area contributed by atoms with Crippen LogP contribution in [0, 0.1) is 0 Å². The summed E-state index contributed by atoms with van der Waals surface area (Å²) in [6.07, 6.45) is 5.32. The molecular formula is C13H14ClNO.